The summed E-state index contributed by atoms with van der Waals surface area (Å²) in [4.78, 5) is 25.8. The number of allylic oxidation sites excluding steroid dienone is 2. The minimum absolute atomic E-state index is 0.140. The minimum Gasteiger partial charge on any atom is -0.462 e. The molecule has 15 heteroatoms. The van der Waals surface area contributed by atoms with Crippen molar-refractivity contribution in [2.24, 2.45) is 0 Å². The van der Waals surface area contributed by atoms with Gasteiger partial charge in [-0.05, 0) is 38.5 Å². The van der Waals surface area contributed by atoms with E-state index < -0.39 is 92.7 Å². The predicted octanol–water partition coefficient (Wildman–Crippen LogP) is 9.33. The smallest absolute Gasteiger partial charge is 0.306 e. The van der Waals surface area contributed by atoms with E-state index in [0.717, 1.165) is 38.5 Å². The van der Waals surface area contributed by atoms with Crippen LogP contribution in [0.5, 0.6) is 0 Å². The average Bonchev–Trinajstić information content (AvgIpc) is 3.36. The van der Waals surface area contributed by atoms with Gasteiger partial charge in [0.25, 0.3) is 0 Å². The molecule has 0 saturated carbocycles. The van der Waals surface area contributed by atoms with Crippen LogP contribution in [0.25, 0.3) is 0 Å². The molecule has 4 unspecified atom stereocenters. The Labute approximate surface area is 429 Å². The molecule has 15 nitrogen and oxygen atoms in total. The zero-order chi connectivity index (χ0) is 51.7. The Kier molecular flexibility index (Phi) is 40.0. The summed E-state index contributed by atoms with van der Waals surface area (Å²) in [5.74, 6) is -0.936. The highest BCUT2D eigenvalue weighted by atomic mass is 16.7. The van der Waals surface area contributed by atoms with Crippen LogP contribution in [0.4, 0.5) is 0 Å². The first kappa shape index (κ1) is 65.4. The summed E-state index contributed by atoms with van der Waals surface area (Å²) in [6, 6.07) is 0. The maximum Gasteiger partial charge on any atom is 0.306 e. The number of esters is 2. The molecule has 2 aliphatic heterocycles. The van der Waals surface area contributed by atoms with Crippen molar-refractivity contribution < 1.29 is 73.8 Å². The van der Waals surface area contributed by atoms with E-state index in [1.165, 1.54) is 161 Å². The summed E-state index contributed by atoms with van der Waals surface area (Å²) in [5, 5.41) is 72.2. The van der Waals surface area contributed by atoms with Crippen LogP contribution in [0, 0.1) is 0 Å². The molecule has 71 heavy (non-hydrogen) atoms. The number of carbonyl (C=O) groups is 2. The number of carbonyl (C=O) groups excluding carboxylic acids is 2. The van der Waals surface area contributed by atoms with Gasteiger partial charge < -0.3 is 64.2 Å². The molecular formula is C56H104O15. The van der Waals surface area contributed by atoms with Gasteiger partial charge in [0.15, 0.2) is 18.7 Å². The monoisotopic (exact) mass is 1020 g/mol. The Balaban J connectivity index is 1.75. The van der Waals surface area contributed by atoms with E-state index in [-0.39, 0.29) is 26.1 Å². The lowest BCUT2D eigenvalue weighted by atomic mass is 9.98. The molecule has 0 amide bonds. The molecule has 0 spiro atoms. The molecule has 2 heterocycles. The summed E-state index contributed by atoms with van der Waals surface area (Å²) in [6.45, 7) is 2.62. The fourth-order valence-electron chi connectivity index (χ4n) is 9.27. The van der Waals surface area contributed by atoms with Crippen molar-refractivity contribution in [3.05, 3.63) is 12.2 Å². The van der Waals surface area contributed by atoms with Gasteiger partial charge >= 0.3 is 11.9 Å². The van der Waals surface area contributed by atoms with Crippen LogP contribution in [0.3, 0.4) is 0 Å². The first-order valence-corrected chi connectivity index (χ1v) is 28.8. The molecule has 2 saturated heterocycles. The second-order valence-corrected chi connectivity index (χ2v) is 20.5. The van der Waals surface area contributed by atoms with E-state index in [9.17, 15) is 45.3 Å². The Morgan fingerprint density at radius 2 is 0.803 bits per heavy atom. The lowest BCUT2D eigenvalue weighted by molar-refractivity contribution is -0.332. The molecule has 0 radical (unpaired) electrons. The summed E-state index contributed by atoms with van der Waals surface area (Å²) < 4.78 is 33.7. The summed E-state index contributed by atoms with van der Waals surface area (Å²) in [6.07, 6.45) is 28.1. The molecule has 2 fully saturated rings. The van der Waals surface area contributed by atoms with Gasteiger partial charge in [-0.15, -0.1) is 0 Å². The van der Waals surface area contributed by atoms with Crippen LogP contribution in [0.15, 0.2) is 12.2 Å². The third-order valence-corrected chi connectivity index (χ3v) is 14.0. The predicted molar refractivity (Wildman–Crippen MR) is 275 cm³/mol. The van der Waals surface area contributed by atoms with Crippen molar-refractivity contribution >= 4 is 11.9 Å². The highest BCUT2D eigenvalue weighted by molar-refractivity contribution is 5.70. The largest absolute Gasteiger partial charge is 0.462 e. The van der Waals surface area contributed by atoms with E-state index >= 15 is 0 Å². The first-order valence-electron chi connectivity index (χ1n) is 28.8. The summed E-state index contributed by atoms with van der Waals surface area (Å²) in [5.41, 5.74) is 0. The molecule has 0 aromatic heterocycles. The third kappa shape index (κ3) is 31.0. The van der Waals surface area contributed by atoms with Crippen molar-refractivity contribution in [3.8, 4) is 0 Å². The minimum atomic E-state index is -1.76. The standard InChI is InChI=1S/C56H104O15/c1-3-5-7-9-11-13-15-17-19-20-21-22-23-25-26-28-30-32-34-36-38-47(58)66-41-44(69-48(59)39-37-35-33-31-29-27-24-18-16-14-12-10-8-6-4-2)42-67-55-54(65)52(63)50(61)46(71-55)43-68-56-53(64)51(62)49(60)45(40-57)70-56/h29,31,44-46,49-57,60-65H,3-28,30,32-43H2,1-2H3/b31-29+/t44-,45+,46+,49-,50-,51?,52?,53?,54?,55+,56+/m0/s1. The van der Waals surface area contributed by atoms with Crippen LogP contribution in [-0.4, -0.2) is 142 Å². The Bertz CT molecular complexity index is 1290. The molecule has 0 aromatic rings. The van der Waals surface area contributed by atoms with Gasteiger partial charge in [-0.3, -0.25) is 9.59 Å². The second kappa shape index (κ2) is 43.5. The molecule has 0 aliphatic carbocycles. The van der Waals surface area contributed by atoms with E-state index in [0.29, 0.717) is 12.8 Å². The molecule has 2 aliphatic rings. The molecule has 7 N–H and O–H groups in total. The van der Waals surface area contributed by atoms with Crippen molar-refractivity contribution in [1.29, 1.82) is 0 Å². The number of ether oxygens (including phenoxy) is 6. The molecule has 0 bridgehead atoms. The Morgan fingerprint density at radius 3 is 1.27 bits per heavy atom. The van der Waals surface area contributed by atoms with E-state index in [4.69, 9.17) is 28.4 Å². The number of unbranched alkanes of at least 4 members (excludes halogenated alkanes) is 30. The zero-order valence-electron chi connectivity index (χ0n) is 44.5. The first-order chi connectivity index (χ1) is 34.5. The lowest BCUT2D eigenvalue weighted by Crippen LogP contribution is -2.61. The van der Waals surface area contributed by atoms with Crippen LogP contribution < -0.4 is 0 Å². The van der Waals surface area contributed by atoms with Crippen molar-refractivity contribution in [2.45, 2.75) is 306 Å². The quantitative estimate of drug-likeness (QED) is 0.0171. The zero-order valence-corrected chi connectivity index (χ0v) is 44.5. The van der Waals surface area contributed by atoms with Gasteiger partial charge in [-0.1, -0.05) is 199 Å². The maximum atomic E-state index is 13.0. The Morgan fingerprint density at radius 1 is 0.437 bits per heavy atom. The SMILES string of the molecule is CCCCCCCCCCC/C=C/CCCCC(=O)O[C@@H](COC(=O)CCCCCCCCCCCCCCCCCCCCCC)CO[C@@H]1O[C@H](CO[C@@H]2O[C@H](CO)[C@H](O)C(O)C2O)[C@H](O)C(O)C1O. The van der Waals surface area contributed by atoms with Crippen molar-refractivity contribution in [3.63, 3.8) is 0 Å². The van der Waals surface area contributed by atoms with E-state index in [1.54, 1.807) is 0 Å². The van der Waals surface area contributed by atoms with Gasteiger partial charge in [-0.25, -0.2) is 0 Å². The molecular weight excluding hydrogens is 913 g/mol. The highest BCUT2D eigenvalue weighted by Gasteiger charge is 2.47. The number of aliphatic hydroxyl groups excluding tert-OH is 7. The third-order valence-electron chi connectivity index (χ3n) is 14.0. The normalized spacial score (nSPS) is 25.2. The molecule has 2 rings (SSSR count). The second-order valence-electron chi connectivity index (χ2n) is 20.5. The number of hydrogen-bond acceptors (Lipinski definition) is 15. The number of hydrogen-bond donors (Lipinski definition) is 7. The maximum absolute atomic E-state index is 13.0. The molecule has 418 valence electrons. The van der Waals surface area contributed by atoms with Crippen LogP contribution in [0.1, 0.15) is 239 Å². The van der Waals surface area contributed by atoms with Gasteiger partial charge in [0.05, 0.1) is 19.8 Å². The van der Waals surface area contributed by atoms with Gasteiger partial charge in [0.1, 0.15) is 55.4 Å². The molecule has 11 atom stereocenters. The van der Waals surface area contributed by atoms with Gasteiger partial charge in [0.2, 0.25) is 0 Å². The lowest BCUT2D eigenvalue weighted by Gasteiger charge is -2.42. The van der Waals surface area contributed by atoms with Gasteiger partial charge in [-0.2, -0.15) is 0 Å². The van der Waals surface area contributed by atoms with Crippen molar-refractivity contribution in [2.75, 3.05) is 26.4 Å². The van der Waals surface area contributed by atoms with Crippen molar-refractivity contribution in [1.82, 2.24) is 0 Å². The van der Waals surface area contributed by atoms with Crippen LogP contribution >= 0.6 is 0 Å². The van der Waals surface area contributed by atoms with E-state index in [2.05, 4.69) is 26.0 Å². The molecule has 0 aromatic carbocycles. The fraction of sp³-hybridized carbons (Fsp3) is 0.929. The van der Waals surface area contributed by atoms with E-state index in [1.807, 2.05) is 0 Å². The summed E-state index contributed by atoms with van der Waals surface area (Å²) >= 11 is 0. The summed E-state index contributed by atoms with van der Waals surface area (Å²) in [7, 11) is 0. The average molecular weight is 1020 g/mol. The van der Waals surface area contributed by atoms with Gasteiger partial charge in [0, 0.05) is 12.8 Å². The number of aliphatic hydroxyl groups is 7. The Hall–Kier alpha value is -1.76. The topological polar surface area (TPSA) is 231 Å². The van der Waals surface area contributed by atoms with Crippen LogP contribution in [-0.2, 0) is 38.0 Å². The highest BCUT2D eigenvalue weighted by Crippen LogP contribution is 2.27. The number of rotatable bonds is 46. The fourth-order valence-corrected chi connectivity index (χ4v) is 9.27. The van der Waals surface area contributed by atoms with Crippen LogP contribution in [0.2, 0.25) is 0 Å².